The van der Waals surface area contributed by atoms with Crippen molar-refractivity contribution >= 4 is 16.7 Å². The van der Waals surface area contributed by atoms with Gasteiger partial charge in [-0.3, -0.25) is 9.89 Å². The summed E-state index contributed by atoms with van der Waals surface area (Å²) in [5.41, 5.74) is 4.16. The number of Topliss-reactive ketones (excluding diaryl/α,β-unsaturated/α-hetero) is 1. The molecule has 0 spiro atoms. The fourth-order valence-electron chi connectivity index (χ4n) is 3.76. The van der Waals surface area contributed by atoms with Crippen LogP contribution >= 0.6 is 0 Å². The van der Waals surface area contributed by atoms with E-state index in [1.165, 1.54) is 24.8 Å². The smallest absolute Gasteiger partial charge is 0.167 e. The third kappa shape index (κ3) is 3.29. The van der Waals surface area contributed by atoms with E-state index >= 15 is 0 Å². The van der Waals surface area contributed by atoms with Gasteiger partial charge < -0.3 is 5.32 Å². The van der Waals surface area contributed by atoms with Crippen molar-refractivity contribution in [1.82, 2.24) is 15.5 Å². The van der Waals surface area contributed by atoms with Gasteiger partial charge in [0.1, 0.15) is 0 Å². The predicted octanol–water partition coefficient (Wildman–Crippen LogP) is 3.84. The Labute approximate surface area is 153 Å². The Balaban J connectivity index is 1.26. The van der Waals surface area contributed by atoms with Gasteiger partial charge in [0, 0.05) is 29.3 Å². The molecular weight excluding hydrogens is 322 g/mol. The number of H-pyrrole nitrogens is 1. The second-order valence-electron chi connectivity index (χ2n) is 7.82. The van der Waals surface area contributed by atoms with Crippen LogP contribution in [0, 0.1) is 5.92 Å². The second kappa shape index (κ2) is 6.36. The van der Waals surface area contributed by atoms with Gasteiger partial charge in [0.15, 0.2) is 5.78 Å². The molecule has 4 nitrogen and oxygen atoms in total. The molecule has 2 unspecified atom stereocenters. The fourth-order valence-corrected chi connectivity index (χ4v) is 3.76. The van der Waals surface area contributed by atoms with Crippen molar-refractivity contribution in [3.8, 4) is 0 Å². The molecule has 26 heavy (non-hydrogen) atoms. The molecule has 2 saturated carbocycles. The molecule has 2 fully saturated rings. The summed E-state index contributed by atoms with van der Waals surface area (Å²) in [4.78, 5) is 12.7. The highest BCUT2D eigenvalue weighted by molar-refractivity contribution is 5.98. The van der Waals surface area contributed by atoms with Gasteiger partial charge >= 0.3 is 0 Å². The zero-order valence-electron chi connectivity index (χ0n) is 14.7. The number of aromatic amines is 1. The molecule has 1 aromatic heterocycles. The van der Waals surface area contributed by atoms with Gasteiger partial charge in [0.25, 0.3) is 0 Å². The number of fused-ring (bicyclic) bond motifs is 1. The summed E-state index contributed by atoms with van der Waals surface area (Å²) in [7, 11) is 0. The molecule has 0 aliphatic heterocycles. The van der Waals surface area contributed by atoms with Crippen molar-refractivity contribution in [2.75, 3.05) is 6.54 Å². The molecule has 5 rings (SSSR count). The van der Waals surface area contributed by atoms with Crippen LogP contribution in [0.3, 0.4) is 0 Å². The molecule has 4 heteroatoms. The van der Waals surface area contributed by atoms with Crippen molar-refractivity contribution in [2.45, 2.75) is 37.6 Å². The van der Waals surface area contributed by atoms with E-state index in [-0.39, 0.29) is 5.78 Å². The van der Waals surface area contributed by atoms with Crippen LogP contribution in [0.15, 0.2) is 48.7 Å². The molecule has 0 bridgehead atoms. The van der Waals surface area contributed by atoms with Gasteiger partial charge in [-0.25, -0.2) is 0 Å². The van der Waals surface area contributed by atoms with Crippen molar-refractivity contribution in [3.63, 3.8) is 0 Å². The lowest BCUT2D eigenvalue weighted by molar-refractivity contribution is 0.0993. The first-order valence-corrected chi connectivity index (χ1v) is 9.55. The summed E-state index contributed by atoms with van der Waals surface area (Å²) < 4.78 is 0. The Hall–Kier alpha value is -2.46. The topological polar surface area (TPSA) is 57.8 Å². The molecule has 2 N–H and O–H groups in total. The normalized spacial score (nSPS) is 21.8. The van der Waals surface area contributed by atoms with E-state index in [1.54, 1.807) is 6.20 Å². The summed E-state index contributed by atoms with van der Waals surface area (Å²) in [5.74, 6) is 1.67. The van der Waals surface area contributed by atoms with E-state index in [4.69, 9.17) is 0 Å². The van der Waals surface area contributed by atoms with Crippen LogP contribution in [0.4, 0.5) is 0 Å². The molecule has 2 aromatic carbocycles. The molecule has 2 aliphatic carbocycles. The first-order chi connectivity index (χ1) is 12.8. The zero-order valence-corrected chi connectivity index (χ0v) is 14.7. The summed E-state index contributed by atoms with van der Waals surface area (Å²) in [6.07, 6.45) is 6.20. The number of carbonyl (C=O) groups is 1. The fraction of sp³-hybridized carbons (Fsp3) is 0.364. The predicted molar refractivity (Wildman–Crippen MR) is 102 cm³/mol. The van der Waals surface area contributed by atoms with E-state index in [9.17, 15) is 4.79 Å². The molecule has 3 aromatic rings. The van der Waals surface area contributed by atoms with Crippen LogP contribution in [0.2, 0.25) is 0 Å². The van der Waals surface area contributed by atoms with Crippen LogP contribution in [0.5, 0.6) is 0 Å². The van der Waals surface area contributed by atoms with Gasteiger partial charge in [-0.2, -0.15) is 5.10 Å². The van der Waals surface area contributed by atoms with Crippen LogP contribution < -0.4 is 5.32 Å². The third-order valence-electron chi connectivity index (χ3n) is 5.66. The van der Waals surface area contributed by atoms with Crippen LogP contribution in [-0.4, -0.2) is 28.6 Å². The van der Waals surface area contributed by atoms with E-state index in [2.05, 4.69) is 27.6 Å². The number of hydrogen-bond donors (Lipinski definition) is 2. The van der Waals surface area contributed by atoms with Crippen LogP contribution in [0.25, 0.3) is 10.9 Å². The Morgan fingerprint density at radius 3 is 3.00 bits per heavy atom. The molecule has 0 radical (unpaired) electrons. The van der Waals surface area contributed by atoms with E-state index in [0.717, 1.165) is 34.5 Å². The standard InChI is InChI=1S/C22H23N3O/c26-22(9-15-6-7-20-18(8-15)13-24-25-20)17-3-1-2-16(10-17)19-11-21(19)23-12-14-4-5-14/h1-3,6-8,10,13-14,19,21,23H,4-5,9,11-12H2,(H,24,25). The van der Waals surface area contributed by atoms with Crippen molar-refractivity contribution in [1.29, 1.82) is 0 Å². The molecule has 0 saturated heterocycles. The monoisotopic (exact) mass is 345 g/mol. The minimum atomic E-state index is 0.179. The lowest BCUT2D eigenvalue weighted by Gasteiger charge is -2.06. The summed E-state index contributed by atoms with van der Waals surface area (Å²) in [5, 5.41) is 11.7. The minimum absolute atomic E-state index is 0.179. The Morgan fingerprint density at radius 2 is 2.12 bits per heavy atom. The molecule has 1 heterocycles. The molecule has 2 atom stereocenters. The highest BCUT2D eigenvalue weighted by atomic mass is 16.1. The number of carbonyl (C=O) groups excluding carboxylic acids is 1. The van der Waals surface area contributed by atoms with Crippen molar-refractivity contribution in [2.24, 2.45) is 5.92 Å². The lowest BCUT2D eigenvalue weighted by Crippen LogP contribution is -2.20. The Morgan fingerprint density at radius 1 is 1.19 bits per heavy atom. The molecule has 0 amide bonds. The largest absolute Gasteiger partial charge is 0.313 e. The number of aromatic nitrogens is 2. The Bertz CT molecular complexity index is 957. The van der Waals surface area contributed by atoms with Gasteiger partial charge in [0.2, 0.25) is 0 Å². The third-order valence-corrected chi connectivity index (χ3v) is 5.66. The van der Waals surface area contributed by atoms with Gasteiger partial charge in [-0.05, 0) is 61.1 Å². The van der Waals surface area contributed by atoms with Crippen molar-refractivity contribution in [3.05, 3.63) is 65.4 Å². The zero-order chi connectivity index (χ0) is 17.5. The highest BCUT2D eigenvalue weighted by Crippen LogP contribution is 2.42. The number of hydrogen-bond acceptors (Lipinski definition) is 3. The van der Waals surface area contributed by atoms with Crippen LogP contribution in [0.1, 0.15) is 46.7 Å². The molecule has 132 valence electrons. The summed E-state index contributed by atoms with van der Waals surface area (Å²) in [6, 6.07) is 14.9. The first kappa shape index (κ1) is 15.8. The lowest BCUT2D eigenvalue weighted by atomic mass is 9.99. The van der Waals surface area contributed by atoms with Crippen LogP contribution in [-0.2, 0) is 6.42 Å². The number of benzene rings is 2. The van der Waals surface area contributed by atoms with Gasteiger partial charge in [-0.15, -0.1) is 0 Å². The van der Waals surface area contributed by atoms with E-state index in [1.807, 2.05) is 30.3 Å². The summed E-state index contributed by atoms with van der Waals surface area (Å²) in [6.45, 7) is 1.16. The average Bonchev–Trinajstić information content (AvgIpc) is 3.57. The first-order valence-electron chi connectivity index (χ1n) is 9.55. The average molecular weight is 345 g/mol. The van der Waals surface area contributed by atoms with Gasteiger partial charge in [0.05, 0.1) is 11.7 Å². The Kier molecular flexibility index (Phi) is 3.86. The summed E-state index contributed by atoms with van der Waals surface area (Å²) >= 11 is 0. The number of nitrogens with one attached hydrogen (secondary N) is 2. The van der Waals surface area contributed by atoms with E-state index < -0.39 is 0 Å². The quantitative estimate of drug-likeness (QED) is 0.640. The molecular formula is C22H23N3O. The number of nitrogens with zero attached hydrogens (tertiary/aromatic N) is 1. The number of ketones is 1. The maximum Gasteiger partial charge on any atom is 0.167 e. The van der Waals surface area contributed by atoms with Crippen molar-refractivity contribution < 1.29 is 4.79 Å². The second-order valence-corrected chi connectivity index (χ2v) is 7.82. The number of rotatable bonds is 7. The highest BCUT2D eigenvalue weighted by Gasteiger charge is 2.39. The maximum atomic E-state index is 12.7. The minimum Gasteiger partial charge on any atom is -0.313 e. The SMILES string of the molecule is O=C(Cc1ccc2[nH]ncc2c1)c1cccc(C2CC2NCC2CC2)c1. The van der Waals surface area contributed by atoms with Gasteiger partial charge in [-0.1, -0.05) is 24.3 Å². The molecule has 2 aliphatic rings. The van der Waals surface area contributed by atoms with E-state index in [0.29, 0.717) is 18.4 Å². The maximum absolute atomic E-state index is 12.7.